The van der Waals surface area contributed by atoms with Crippen LogP contribution in [0.1, 0.15) is 50.0 Å². The molecule has 5 aliphatic heterocycles. The van der Waals surface area contributed by atoms with E-state index in [0.717, 1.165) is 26.1 Å². The van der Waals surface area contributed by atoms with Gasteiger partial charge in [0, 0.05) is 30.5 Å². The maximum absolute atomic E-state index is 13.8. The van der Waals surface area contributed by atoms with E-state index >= 15 is 0 Å². The fraction of sp³-hybridized carbons (Fsp3) is 0.696. The maximum Gasteiger partial charge on any atom is 0.241 e. The van der Waals surface area contributed by atoms with Crippen molar-refractivity contribution in [3.05, 3.63) is 35.6 Å². The van der Waals surface area contributed by atoms with Crippen LogP contribution in [0.25, 0.3) is 0 Å². The summed E-state index contributed by atoms with van der Waals surface area (Å²) in [5.41, 5.74) is 7.97. The number of carbonyl (C=O) groups excluding carboxylic acids is 1. The van der Waals surface area contributed by atoms with Crippen molar-refractivity contribution in [3.8, 4) is 0 Å². The van der Waals surface area contributed by atoms with E-state index in [1.807, 2.05) is 12.1 Å². The molecule has 1 aromatic rings. The number of likely N-dealkylation sites (tertiary alicyclic amines) is 1. The summed E-state index contributed by atoms with van der Waals surface area (Å²) in [5.74, 6) is 1.41. The van der Waals surface area contributed by atoms with Crippen molar-refractivity contribution in [2.45, 2.75) is 68.6 Å². The minimum absolute atomic E-state index is 0.0941. The summed E-state index contributed by atoms with van der Waals surface area (Å²) < 4.78 is 13.5. The van der Waals surface area contributed by atoms with E-state index in [4.69, 9.17) is 0 Å². The number of nitrogens with one attached hydrogen (secondary N) is 2. The van der Waals surface area contributed by atoms with Gasteiger partial charge in [-0.1, -0.05) is 25.0 Å². The Balaban J connectivity index is 1.31. The summed E-state index contributed by atoms with van der Waals surface area (Å²) in [4.78, 5) is 18.6. The lowest BCUT2D eigenvalue weighted by molar-refractivity contribution is -0.139. The van der Waals surface area contributed by atoms with Crippen LogP contribution < -0.4 is 10.9 Å². The number of benzene rings is 1. The number of rotatable bonds is 2. The summed E-state index contributed by atoms with van der Waals surface area (Å²) in [7, 11) is 0. The monoisotopic (exact) mass is 398 g/mol. The second kappa shape index (κ2) is 7.03. The lowest BCUT2D eigenvalue weighted by Gasteiger charge is -2.51. The van der Waals surface area contributed by atoms with Crippen molar-refractivity contribution >= 4 is 5.91 Å². The molecule has 6 aliphatic rings. The zero-order valence-corrected chi connectivity index (χ0v) is 16.9. The lowest BCUT2D eigenvalue weighted by Crippen LogP contribution is -2.62. The van der Waals surface area contributed by atoms with Crippen molar-refractivity contribution in [1.82, 2.24) is 20.7 Å². The predicted octanol–water partition coefficient (Wildman–Crippen LogP) is 2.25. The summed E-state index contributed by atoms with van der Waals surface area (Å²) in [6, 6.07) is 8.04. The van der Waals surface area contributed by atoms with Gasteiger partial charge < -0.3 is 4.90 Å². The van der Waals surface area contributed by atoms with E-state index < -0.39 is 0 Å². The first kappa shape index (κ1) is 18.3. The number of fused-ring (bicyclic) bond motifs is 3. The number of nitrogens with zero attached hydrogens (tertiary/aromatic N) is 2. The number of halogens is 1. The molecular formula is C23H31FN4O. The summed E-state index contributed by atoms with van der Waals surface area (Å²) >= 11 is 0. The first-order valence-electron chi connectivity index (χ1n) is 11.5. The van der Waals surface area contributed by atoms with Gasteiger partial charge in [-0.2, -0.15) is 0 Å². The van der Waals surface area contributed by atoms with E-state index in [0.29, 0.717) is 35.9 Å². The van der Waals surface area contributed by atoms with Crippen molar-refractivity contribution in [3.63, 3.8) is 0 Å². The third-order valence-corrected chi connectivity index (χ3v) is 8.51. The number of hydrogen-bond donors (Lipinski definition) is 2. The molecule has 0 spiro atoms. The molecule has 7 rings (SSSR count). The first-order chi connectivity index (χ1) is 14.2. The van der Waals surface area contributed by atoms with Crippen molar-refractivity contribution in [2.24, 2.45) is 11.8 Å². The van der Waals surface area contributed by atoms with Crippen LogP contribution in [-0.4, -0.2) is 59.5 Å². The Bertz CT molecular complexity index is 778. The number of carbonyl (C=O) groups is 1. The van der Waals surface area contributed by atoms with Gasteiger partial charge in [0.15, 0.2) is 0 Å². The molecule has 0 radical (unpaired) electrons. The topological polar surface area (TPSA) is 47.6 Å². The van der Waals surface area contributed by atoms with E-state index in [-0.39, 0.29) is 17.8 Å². The van der Waals surface area contributed by atoms with Gasteiger partial charge in [0.25, 0.3) is 0 Å². The quantitative estimate of drug-likeness (QED) is 0.802. The lowest BCUT2D eigenvalue weighted by atomic mass is 9.75. The molecule has 1 aromatic carbocycles. The van der Waals surface area contributed by atoms with Crippen LogP contribution in [0.3, 0.4) is 0 Å². The van der Waals surface area contributed by atoms with Crippen LogP contribution >= 0.6 is 0 Å². The molecule has 6 atom stereocenters. The molecule has 3 unspecified atom stereocenters. The molecule has 5 nitrogen and oxygen atoms in total. The highest BCUT2D eigenvalue weighted by Crippen LogP contribution is 2.47. The normalized spacial score (nSPS) is 43.3. The highest BCUT2D eigenvalue weighted by Gasteiger charge is 2.56. The minimum atomic E-state index is -0.189. The van der Waals surface area contributed by atoms with E-state index in [2.05, 4.69) is 20.7 Å². The van der Waals surface area contributed by atoms with Gasteiger partial charge >= 0.3 is 0 Å². The molecule has 5 saturated heterocycles. The highest BCUT2D eigenvalue weighted by molar-refractivity contribution is 5.83. The Morgan fingerprint density at radius 1 is 0.966 bits per heavy atom. The maximum atomic E-state index is 13.8. The molecule has 0 aromatic heterocycles. The molecule has 6 fully saturated rings. The van der Waals surface area contributed by atoms with Gasteiger partial charge in [-0.25, -0.2) is 9.82 Å². The molecular weight excluding hydrogens is 367 g/mol. The van der Waals surface area contributed by atoms with Crippen molar-refractivity contribution < 1.29 is 9.18 Å². The average Bonchev–Trinajstić information content (AvgIpc) is 3.38. The SMILES string of the molecule is O=C(C1NNC2CCCCC21)N1C[C@H](c2ccc(F)cc2)[C@H]2[C@@H]1C1CCN2CC1. The summed E-state index contributed by atoms with van der Waals surface area (Å²) in [6.07, 6.45) is 7.19. The third-order valence-electron chi connectivity index (χ3n) is 8.51. The molecule has 29 heavy (non-hydrogen) atoms. The van der Waals surface area contributed by atoms with Crippen LogP contribution in [0.15, 0.2) is 24.3 Å². The van der Waals surface area contributed by atoms with Gasteiger partial charge in [-0.15, -0.1) is 0 Å². The van der Waals surface area contributed by atoms with Gasteiger partial charge in [0.2, 0.25) is 5.91 Å². The molecule has 1 amide bonds. The largest absolute Gasteiger partial charge is 0.336 e. The summed E-state index contributed by atoms with van der Waals surface area (Å²) in [6.45, 7) is 3.04. The summed E-state index contributed by atoms with van der Waals surface area (Å²) in [5, 5.41) is 0. The number of amides is 1. The Morgan fingerprint density at radius 2 is 1.72 bits per heavy atom. The molecule has 156 valence electrons. The smallest absolute Gasteiger partial charge is 0.241 e. The predicted molar refractivity (Wildman–Crippen MR) is 109 cm³/mol. The fourth-order valence-electron chi connectivity index (χ4n) is 7.14. The molecule has 6 heteroatoms. The number of hydrazine groups is 1. The van der Waals surface area contributed by atoms with Gasteiger partial charge in [-0.3, -0.25) is 15.1 Å². The Hall–Kier alpha value is -1.50. The number of piperidine rings is 3. The molecule has 2 N–H and O–H groups in total. The first-order valence-corrected chi connectivity index (χ1v) is 11.5. The van der Waals surface area contributed by atoms with E-state index in [1.165, 1.54) is 37.7 Å². The van der Waals surface area contributed by atoms with Crippen LogP contribution in [0.5, 0.6) is 0 Å². The molecule has 5 heterocycles. The van der Waals surface area contributed by atoms with E-state index in [1.54, 1.807) is 12.1 Å². The highest BCUT2D eigenvalue weighted by atomic mass is 19.1. The van der Waals surface area contributed by atoms with Gasteiger partial charge in [0.1, 0.15) is 11.9 Å². The zero-order chi connectivity index (χ0) is 19.5. The van der Waals surface area contributed by atoms with E-state index in [9.17, 15) is 9.18 Å². The molecule has 2 bridgehead atoms. The average molecular weight is 399 g/mol. The Labute approximate surface area is 172 Å². The minimum Gasteiger partial charge on any atom is -0.336 e. The van der Waals surface area contributed by atoms with Crippen LogP contribution in [0, 0.1) is 17.7 Å². The van der Waals surface area contributed by atoms with Crippen LogP contribution in [0.2, 0.25) is 0 Å². The molecule has 1 saturated carbocycles. The number of hydrogen-bond acceptors (Lipinski definition) is 4. The van der Waals surface area contributed by atoms with Crippen LogP contribution in [-0.2, 0) is 4.79 Å². The Kier molecular flexibility index (Phi) is 4.43. The Morgan fingerprint density at radius 3 is 2.52 bits per heavy atom. The molecule has 1 aliphatic carbocycles. The second-order valence-corrected chi connectivity index (χ2v) is 9.82. The van der Waals surface area contributed by atoms with Crippen molar-refractivity contribution in [1.29, 1.82) is 0 Å². The van der Waals surface area contributed by atoms with Crippen molar-refractivity contribution in [2.75, 3.05) is 19.6 Å². The standard InChI is InChI=1S/C23H31FN4O/c24-16-7-5-14(6-8-16)18-13-28(21-15-9-11-27(12-10-15)22(18)21)23(29)20-17-3-1-2-4-19(17)25-26-20/h5-8,15,17-22,25-26H,1-4,9-13H2/t17?,18-,19?,20?,21+,22+/m1/s1. The fourth-order valence-corrected chi connectivity index (χ4v) is 7.14. The third kappa shape index (κ3) is 2.87. The van der Waals surface area contributed by atoms with Crippen LogP contribution in [0.4, 0.5) is 4.39 Å². The second-order valence-electron chi connectivity index (χ2n) is 9.82. The zero-order valence-electron chi connectivity index (χ0n) is 16.9. The van der Waals surface area contributed by atoms with Gasteiger partial charge in [-0.05, 0) is 62.4 Å². The van der Waals surface area contributed by atoms with Gasteiger partial charge in [0.05, 0.1) is 6.04 Å².